The molecule has 17 heavy (non-hydrogen) atoms. The average Bonchev–Trinajstić information content (AvgIpc) is 2.33. The number of halogens is 2. The van der Waals surface area contributed by atoms with Gasteiger partial charge in [-0.1, -0.05) is 50.9 Å². The molecule has 0 amide bonds. The highest BCUT2D eigenvalue weighted by atomic mass is 35.5. The summed E-state index contributed by atoms with van der Waals surface area (Å²) in [5, 5.41) is 0.543. The van der Waals surface area contributed by atoms with Crippen LogP contribution in [0.1, 0.15) is 27.7 Å². The summed E-state index contributed by atoms with van der Waals surface area (Å²) in [7, 11) is 0. The topological polar surface area (TPSA) is 58.6 Å². The van der Waals surface area contributed by atoms with E-state index in [0.29, 0.717) is 5.52 Å². The molecule has 0 aliphatic rings. The quantitative estimate of drug-likeness (QED) is 0.747. The summed E-state index contributed by atoms with van der Waals surface area (Å²) < 4.78 is 0. The zero-order valence-corrected chi connectivity index (χ0v) is 11.7. The Kier molecular flexibility index (Phi) is 7.50. The number of nitrogens with zero attached hydrogens (tertiary/aromatic N) is 2. The highest BCUT2D eigenvalue weighted by molar-refractivity contribution is 6.36. The van der Waals surface area contributed by atoms with Gasteiger partial charge in [-0.3, -0.25) is 4.79 Å². The fourth-order valence-corrected chi connectivity index (χ4v) is 1.52. The van der Waals surface area contributed by atoms with Crippen molar-refractivity contribution >= 4 is 34.1 Å². The van der Waals surface area contributed by atoms with Gasteiger partial charge in [0.15, 0.2) is 0 Å². The highest BCUT2D eigenvalue weighted by Crippen LogP contribution is 2.19. The van der Waals surface area contributed by atoms with E-state index in [-0.39, 0.29) is 21.3 Å². The van der Waals surface area contributed by atoms with Crippen LogP contribution < -0.4 is 5.56 Å². The van der Waals surface area contributed by atoms with Crippen LogP contribution in [0.4, 0.5) is 0 Å². The Hall–Kier alpha value is -1.13. The number of aromatic amines is 1. The van der Waals surface area contributed by atoms with Gasteiger partial charge in [-0.2, -0.15) is 0 Å². The number of pyridine rings is 1. The molecule has 0 bridgehead atoms. The third-order valence-electron chi connectivity index (χ3n) is 1.55. The Morgan fingerprint density at radius 3 is 2.35 bits per heavy atom. The summed E-state index contributed by atoms with van der Waals surface area (Å²) in [5.41, 5.74) is 0.118. The zero-order valence-electron chi connectivity index (χ0n) is 10.2. The second kappa shape index (κ2) is 8.03. The Bertz CT molecular complexity index is 526. The minimum atomic E-state index is -0.320. The van der Waals surface area contributed by atoms with Crippen LogP contribution in [0.25, 0.3) is 10.9 Å². The van der Waals surface area contributed by atoms with Crippen molar-refractivity contribution in [1.82, 2.24) is 15.0 Å². The van der Waals surface area contributed by atoms with Crippen molar-refractivity contribution in [2.45, 2.75) is 27.7 Å². The monoisotopic (exact) mass is 275 g/mol. The predicted molar refractivity (Wildman–Crippen MR) is 72.9 cm³/mol. The largest absolute Gasteiger partial charge is 0.313 e. The average molecular weight is 276 g/mol. The van der Waals surface area contributed by atoms with Crippen molar-refractivity contribution in [1.29, 1.82) is 0 Å². The second-order valence-electron chi connectivity index (χ2n) is 2.36. The molecule has 0 aliphatic carbocycles. The van der Waals surface area contributed by atoms with Gasteiger partial charge < -0.3 is 4.98 Å². The summed E-state index contributed by atoms with van der Waals surface area (Å²) in [4.78, 5) is 21.3. The van der Waals surface area contributed by atoms with Gasteiger partial charge in [0.1, 0.15) is 15.7 Å². The van der Waals surface area contributed by atoms with Gasteiger partial charge in [-0.15, -0.1) is 0 Å². The van der Waals surface area contributed by atoms with E-state index in [1.54, 1.807) is 0 Å². The highest BCUT2D eigenvalue weighted by Gasteiger charge is 2.06. The van der Waals surface area contributed by atoms with Crippen molar-refractivity contribution in [3.8, 4) is 0 Å². The lowest BCUT2D eigenvalue weighted by molar-refractivity contribution is 1.16. The molecule has 2 aromatic rings. The van der Waals surface area contributed by atoms with Gasteiger partial charge in [0.05, 0.1) is 11.8 Å². The van der Waals surface area contributed by atoms with E-state index in [4.69, 9.17) is 23.2 Å². The SMILES string of the molecule is CC.CC.O=c1[nH]cnc2cc(Cl)nc(Cl)c12. The predicted octanol–water partition coefficient (Wildman–Crippen LogP) is 3.68. The summed E-state index contributed by atoms with van der Waals surface area (Å²) >= 11 is 11.3. The fraction of sp³-hybridized carbons (Fsp3) is 0.364. The van der Waals surface area contributed by atoms with Crippen molar-refractivity contribution < 1.29 is 0 Å². The molecule has 0 radical (unpaired) electrons. The standard InChI is InChI=1S/C7H3Cl2N3O.2C2H6/c8-4-1-3-5(6(9)12-4)7(13)11-2-10-3;2*1-2/h1-2H,(H,10,11,13);2*1-2H3. The molecule has 2 rings (SSSR count). The molecule has 0 unspecified atom stereocenters. The van der Waals surface area contributed by atoms with Crippen LogP contribution in [-0.2, 0) is 0 Å². The minimum absolute atomic E-state index is 0.0665. The second-order valence-corrected chi connectivity index (χ2v) is 3.11. The number of H-pyrrole nitrogens is 1. The molecule has 1 N–H and O–H groups in total. The van der Waals surface area contributed by atoms with E-state index in [1.165, 1.54) is 12.4 Å². The molecule has 0 atom stereocenters. The van der Waals surface area contributed by atoms with E-state index >= 15 is 0 Å². The molecule has 4 nitrogen and oxygen atoms in total. The number of aromatic nitrogens is 3. The van der Waals surface area contributed by atoms with Gasteiger partial charge in [0.25, 0.3) is 5.56 Å². The van der Waals surface area contributed by atoms with Gasteiger partial charge in [0, 0.05) is 6.07 Å². The zero-order chi connectivity index (χ0) is 13.4. The molecule has 94 valence electrons. The molecule has 0 aromatic carbocycles. The molecule has 0 spiro atoms. The van der Waals surface area contributed by atoms with Crippen LogP contribution in [-0.4, -0.2) is 15.0 Å². The number of nitrogens with one attached hydrogen (secondary N) is 1. The number of hydrogen-bond donors (Lipinski definition) is 1. The van der Waals surface area contributed by atoms with Gasteiger partial charge in [-0.05, 0) is 0 Å². The summed E-state index contributed by atoms with van der Waals surface area (Å²) in [5.74, 6) is 0. The lowest BCUT2D eigenvalue weighted by Gasteiger charge is -1.97. The lowest BCUT2D eigenvalue weighted by Crippen LogP contribution is -2.07. The van der Waals surface area contributed by atoms with E-state index in [1.807, 2.05) is 27.7 Å². The van der Waals surface area contributed by atoms with Crippen LogP contribution in [0.2, 0.25) is 10.3 Å². The first-order chi connectivity index (χ1) is 8.18. The molecule has 6 heteroatoms. The van der Waals surface area contributed by atoms with Gasteiger partial charge in [0.2, 0.25) is 0 Å². The third-order valence-corrected chi connectivity index (χ3v) is 2.02. The first-order valence-corrected chi connectivity index (χ1v) is 6.13. The Morgan fingerprint density at radius 2 is 1.76 bits per heavy atom. The fourth-order valence-electron chi connectivity index (χ4n) is 1.02. The number of fused-ring (bicyclic) bond motifs is 1. The normalized spacial score (nSPS) is 8.82. The van der Waals surface area contributed by atoms with Crippen molar-refractivity contribution in [3.05, 3.63) is 33.1 Å². The Labute approximate surface area is 110 Å². The Morgan fingerprint density at radius 1 is 1.18 bits per heavy atom. The van der Waals surface area contributed by atoms with Gasteiger partial charge >= 0.3 is 0 Å². The molecular formula is C11H15Cl2N3O. The van der Waals surface area contributed by atoms with Crippen molar-refractivity contribution in [2.75, 3.05) is 0 Å². The molecule has 2 heterocycles. The third kappa shape index (κ3) is 3.98. The molecule has 2 aromatic heterocycles. The molecule has 0 aliphatic heterocycles. The summed E-state index contributed by atoms with van der Waals surface area (Å²) in [6.07, 6.45) is 1.29. The molecule has 0 fully saturated rings. The Balaban J connectivity index is 0.000000581. The molecule has 0 saturated heterocycles. The minimum Gasteiger partial charge on any atom is -0.313 e. The first kappa shape index (κ1) is 15.9. The van der Waals surface area contributed by atoms with Crippen LogP contribution >= 0.6 is 23.2 Å². The van der Waals surface area contributed by atoms with Crippen LogP contribution in [0, 0.1) is 0 Å². The number of hydrogen-bond acceptors (Lipinski definition) is 3. The maximum atomic E-state index is 11.2. The van der Waals surface area contributed by atoms with E-state index in [0.717, 1.165) is 0 Å². The summed E-state index contributed by atoms with van der Waals surface area (Å²) in [6.45, 7) is 8.00. The van der Waals surface area contributed by atoms with Crippen molar-refractivity contribution in [2.24, 2.45) is 0 Å². The van der Waals surface area contributed by atoms with Crippen LogP contribution in [0.5, 0.6) is 0 Å². The van der Waals surface area contributed by atoms with Crippen LogP contribution in [0.15, 0.2) is 17.2 Å². The van der Waals surface area contributed by atoms with Gasteiger partial charge in [-0.25, -0.2) is 9.97 Å². The van der Waals surface area contributed by atoms with Crippen LogP contribution in [0.3, 0.4) is 0 Å². The number of rotatable bonds is 0. The smallest absolute Gasteiger partial charge is 0.261 e. The lowest BCUT2D eigenvalue weighted by atomic mass is 10.3. The maximum absolute atomic E-state index is 11.2. The van der Waals surface area contributed by atoms with Crippen molar-refractivity contribution in [3.63, 3.8) is 0 Å². The van der Waals surface area contributed by atoms with E-state index in [9.17, 15) is 4.79 Å². The van der Waals surface area contributed by atoms with E-state index < -0.39 is 0 Å². The van der Waals surface area contributed by atoms with E-state index in [2.05, 4.69) is 15.0 Å². The molecular weight excluding hydrogens is 261 g/mol. The maximum Gasteiger partial charge on any atom is 0.261 e. The summed E-state index contributed by atoms with van der Waals surface area (Å²) in [6, 6.07) is 1.48. The first-order valence-electron chi connectivity index (χ1n) is 5.38. The molecule has 0 saturated carbocycles.